The Morgan fingerprint density at radius 1 is 1.30 bits per heavy atom. The second kappa shape index (κ2) is 7.24. The third kappa shape index (κ3) is 4.07. The minimum Gasteiger partial charge on any atom is -0.386 e. The predicted molar refractivity (Wildman–Crippen MR) is 82.9 cm³/mol. The maximum atomic E-state index is 10.3. The standard InChI is InChI=1S/C18H28O2/c1-4-15-6-5-7-16(11-15)20-12-18(19)17-9-8-13(2)10-14(17)3/h8-10,15-16,18-19H,4-7,11-12H2,1-3H3. The van der Waals surface area contributed by atoms with Crippen LogP contribution in [0.4, 0.5) is 0 Å². The Morgan fingerprint density at radius 2 is 2.10 bits per heavy atom. The van der Waals surface area contributed by atoms with Gasteiger partial charge in [-0.2, -0.15) is 0 Å². The quantitative estimate of drug-likeness (QED) is 0.867. The molecule has 2 nitrogen and oxygen atoms in total. The highest BCUT2D eigenvalue weighted by atomic mass is 16.5. The molecule has 1 N–H and O–H groups in total. The van der Waals surface area contributed by atoms with Gasteiger partial charge in [0.2, 0.25) is 0 Å². The number of ether oxygens (including phenoxy) is 1. The second-order valence-electron chi connectivity index (χ2n) is 6.27. The fourth-order valence-electron chi connectivity index (χ4n) is 3.28. The van der Waals surface area contributed by atoms with E-state index < -0.39 is 6.10 Å². The molecule has 20 heavy (non-hydrogen) atoms. The average molecular weight is 276 g/mol. The lowest BCUT2D eigenvalue weighted by Gasteiger charge is -2.29. The van der Waals surface area contributed by atoms with Crippen molar-refractivity contribution in [3.05, 3.63) is 34.9 Å². The number of benzene rings is 1. The Balaban J connectivity index is 1.86. The van der Waals surface area contributed by atoms with Crippen molar-refractivity contribution in [1.82, 2.24) is 0 Å². The summed E-state index contributed by atoms with van der Waals surface area (Å²) < 4.78 is 5.97. The molecule has 0 amide bonds. The zero-order valence-corrected chi connectivity index (χ0v) is 13.1. The highest BCUT2D eigenvalue weighted by Gasteiger charge is 2.22. The molecule has 112 valence electrons. The molecule has 1 aromatic rings. The molecule has 0 aromatic heterocycles. The number of aryl methyl sites for hydroxylation is 2. The monoisotopic (exact) mass is 276 g/mol. The Hall–Kier alpha value is -0.860. The van der Waals surface area contributed by atoms with Gasteiger partial charge in [0.05, 0.1) is 12.7 Å². The molecule has 2 heteroatoms. The van der Waals surface area contributed by atoms with Gasteiger partial charge in [-0.1, -0.05) is 49.9 Å². The van der Waals surface area contributed by atoms with E-state index in [1.54, 1.807) is 0 Å². The molecule has 0 spiro atoms. The van der Waals surface area contributed by atoms with E-state index in [0.717, 1.165) is 29.9 Å². The molecule has 3 unspecified atom stereocenters. The molecule has 3 atom stereocenters. The molecule has 1 aromatic carbocycles. The van der Waals surface area contributed by atoms with Crippen LogP contribution in [0, 0.1) is 19.8 Å². The number of hydrogen-bond acceptors (Lipinski definition) is 2. The molecule has 1 fully saturated rings. The molecule has 0 heterocycles. The predicted octanol–water partition coefficient (Wildman–Crippen LogP) is 4.32. The number of hydrogen-bond donors (Lipinski definition) is 1. The van der Waals surface area contributed by atoms with Crippen molar-refractivity contribution in [2.45, 2.75) is 65.1 Å². The SMILES string of the molecule is CCC1CCCC(OCC(O)c2ccc(C)cc2C)C1. The van der Waals surface area contributed by atoms with Crippen LogP contribution < -0.4 is 0 Å². The Labute approximate surface area is 123 Å². The van der Waals surface area contributed by atoms with Crippen molar-refractivity contribution in [3.63, 3.8) is 0 Å². The van der Waals surface area contributed by atoms with Crippen LogP contribution in [0.5, 0.6) is 0 Å². The average Bonchev–Trinajstić information content (AvgIpc) is 2.45. The number of aliphatic hydroxyl groups excluding tert-OH is 1. The van der Waals surface area contributed by atoms with Gasteiger partial charge in [-0.15, -0.1) is 0 Å². The van der Waals surface area contributed by atoms with E-state index >= 15 is 0 Å². The van der Waals surface area contributed by atoms with Gasteiger partial charge < -0.3 is 9.84 Å². The third-order valence-corrected chi connectivity index (χ3v) is 4.59. The zero-order chi connectivity index (χ0) is 14.5. The van der Waals surface area contributed by atoms with Gasteiger partial charge in [-0.05, 0) is 43.7 Å². The topological polar surface area (TPSA) is 29.5 Å². The van der Waals surface area contributed by atoms with Gasteiger partial charge in [0.15, 0.2) is 0 Å². The summed E-state index contributed by atoms with van der Waals surface area (Å²) in [6.45, 7) is 6.81. The van der Waals surface area contributed by atoms with E-state index in [2.05, 4.69) is 32.9 Å². The highest BCUT2D eigenvalue weighted by Crippen LogP contribution is 2.29. The Kier molecular flexibility index (Phi) is 5.62. The summed E-state index contributed by atoms with van der Waals surface area (Å²) in [5.41, 5.74) is 3.38. The van der Waals surface area contributed by atoms with Crippen molar-refractivity contribution in [3.8, 4) is 0 Å². The van der Waals surface area contributed by atoms with Crippen LogP contribution >= 0.6 is 0 Å². The Bertz CT molecular complexity index is 427. The van der Waals surface area contributed by atoms with E-state index in [0.29, 0.717) is 12.7 Å². The molecular formula is C18H28O2. The van der Waals surface area contributed by atoms with E-state index in [-0.39, 0.29) is 0 Å². The van der Waals surface area contributed by atoms with Crippen LogP contribution in [0.15, 0.2) is 18.2 Å². The van der Waals surface area contributed by atoms with Crippen molar-refractivity contribution in [2.24, 2.45) is 5.92 Å². The maximum absolute atomic E-state index is 10.3. The Morgan fingerprint density at radius 3 is 2.80 bits per heavy atom. The van der Waals surface area contributed by atoms with Crippen LogP contribution in [0.1, 0.15) is 61.8 Å². The molecule has 0 radical (unpaired) electrons. The fourth-order valence-corrected chi connectivity index (χ4v) is 3.28. The highest BCUT2D eigenvalue weighted by molar-refractivity contribution is 5.31. The van der Waals surface area contributed by atoms with Crippen molar-refractivity contribution in [1.29, 1.82) is 0 Å². The first kappa shape index (κ1) is 15.5. The van der Waals surface area contributed by atoms with Gasteiger partial charge in [0.25, 0.3) is 0 Å². The summed E-state index contributed by atoms with van der Waals surface area (Å²) in [5, 5.41) is 10.3. The first-order chi connectivity index (χ1) is 9.60. The lowest BCUT2D eigenvalue weighted by Crippen LogP contribution is -2.24. The van der Waals surface area contributed by atoms with Gasteiger partial charge in [-0.3, -0.25) is 0 Å². The molecule has 0 aliphatic heterocycles. The summed E-state index contributed by atoms with van der Waals surface area (Å²) in [6.07, 6.45) is 6.01. The summed E-state index contributed by atoms with van der Waals surface area (Å²) >= 11 is 0. The van der Waals surface area contributed by atoms with Crippen molar-refractivity contribution in [2.75, 3.05) is 6.61 Å². The third-order valence-electron chi connectivity index (χ3n) is 4.59. The van der Waals surface area contributed by atoms with Gasteiger partial charge in [-0.25, -0.2) is 0 Å². The smallest absolute Gasteiger partial charge is 0.103 e. The minimum absolute atomic E-state index is 0.342. The molecule has 1 saturated carbocycles. The summed E-state index contributed by atoms with van der Waals surface area (Å²) in [5.74, 6) is 0.812. The maximum Gasteiger partial charge on any atom is 0.103 e. The number of aliphatic hydroxyl groups is 1. The van der Waals surface area contributed by atoms with E-state index in [1.165, 1.54) is 24.8 Å². The van der Waals surface area contributed by atoms with Crippen LogP contribution in [0.3, 0.4) is 0 Å². The molecular weight excluding hydrogens is 248 g/mol. The first-order valence-corrected chi connectivity index (χ1v) is 7.97. The molecule has 1 aliphatic carbocycles. The van der Waals surface area contributed by atoms with Crippen molar-refractivity contribution < 1.29 is 9.84 Å². The lowest BCUT2D eigenvalue weighted by molar-refractivity contribution is -0.0341. The normalized spacial score (nSPS) is 24.6. The summed E-state index contributed by atoms with van der Waals surface area (Å²) in [7, 11) is 0. The molecule has 0 bridgehead atoms. The minimum atomic E-state index is -0.502. The molecule has 1 aliphatic rings. The van der Waals surface area contributed by atoms with Crippen LogP contribution in [0.25, 0.3) is 0 Å². The van der Waals surface area contributed by atoms with Crippen molar-refractivity contribution >= 4 is 0 Å². The largest absolute Gasteiger partial charge is 0.386 e. The summed E-state index contributed by atoms with van der Waals surface area (Å²) in [6, 6.07) is 6.19. The lowest BCUT2D eigenvalue weighted by atomic mass is 9.85. The van der Waals surface area contributed by atoms with Gasteiger partial charge >= 0.3 is 0 Å². The van der Waals surface area contributed by atoms with E-state index in [1.807, 2.05) is 6.07 Å². The molecule has 0 saturated heterocycles. The zero-order valence-electron chi connectivity index (χ0n) is 13.1. The van der Waals surface area contributed by atoms with Gasteiger partial charge in [0, 0.05) is 0 Å². The van der Waals surface area contributed by atoms with E-state index in [4.69, 9.17) is 4.74 Å². The number of rotatable bonds is 5. The van der Waals surface area contributed by atoms with Crippen LogP contribution in [-0.4, -0.2) is 17.8 Å². The fraction of sp³-hybridized carbons (Fsp3) is 0.667. The van der Waals surface area contributed by atoms with E-state index in [9.17, 15) is 5.11 Å². The van der Waals surface area contributed by atoms with Crippen LogP contribution in [0.2, 0.25) is 0 Å². The second-order valence-corrected chi connectivity index (χ2v) is 6.27. The van der Waals surface area contributed by atoms with Gasteiger partial charge in [0.1, 0.15) is 6.10 Å². The first-order valence-electron chi connectivity index (χ1n) is 7.97. The molecule has 2 rings (SSSR count). The van der Waals surface area contributed by atoms with Crippen LogP contribution in [-0.2, 0) is 4.74 Å². The summed E-state index contributed by atoms with van der Waals surface area (Å²) in [4.78, 5) is 0.